The first kappa shape index (κ1) is 13.7. The Hall–Kier alpha value is -1.23. The number of hydrogen-bond acceptors (Lipinski definition) is 2. The third kappa shape index (κ3) is 2.51. The molecule has 2 atom stereocenters. The molecule has 106 valence electrons. The van der Waals surface area contributed by atoms with Gasteiger partial charge in [0, 0.05) is 23.2 Å². The van der Waals surface area contributed by atoms with Crippen molar-refractivity contribution in [3.05, 3.63) is 34.4 Å². The topological polar surface area (TPSA) is 51.5 Å². The van der Waals surface area contributed by atoms with Crippen molar-refractivity contribution in [2.75, 3.05) is 0 Å². The van der Waals surface area contributed by atoms with E-state index in [4.69, 9.17) is 33.0 Å². The Balaban J connectivity index is 1.84. The van der Waals surface area contributed by atoms with Crippen LogP contribution >= 0.6 is 23.2 Å². The molecular formula is C14H13Cl2NO3. The Morgan fingerprint density at radius 3 is 2.90 bits per heavy atom. The Morgan fingerprint density at radius 1 is 1.40 bits per heavy atom. The molecule has 3 rings (SSSR count). The van der Waals surface area contributed by atoms with E-state index >= 15 is 0 Å². The Kier molecular flexibility index (Phi) is 3.63. The van der Waals surface area contributed by atoms with Crippen molar-refractivity contribution in [2.24, 2.45) is 0 Å². The molecule has 1 aliphatic heterocycles. The first-order valence-corrected chi connectivity index (χ1v) is 7.12. The lowest BCUT2D eigenvalue weighted by atomic mass is 10.2. The van der Waals surface area contributed by atoms with Gasteiger partial charge in [-0.05, 0) is 31.0 Å². The fraction of sp³-hybridized carbons (Fsp3) is 0.357. The quantitative estimate of drug-likeness (QED) is 0.942. The highest BCUT2D eigenvalue weighted by Gasteiger charge is 2.30. The van der Waals surface area contributed by atoms with Crippen LogP contribution in [0.25, 0.3) is 10.9 Å². The molecule has 2 aromatic rings. The van der Waals surface area contributed by atoms with E-state index < -0.39 is 12.1 Å². The molecule has 4 nitrogen and oxygen atoms in total. The van der Waals surface area contributed by atoms with Gasteiger partial charge in [-0.3, -0.25) is 0 Å². The molecule has 0 saturated carbocycles. The van der Waals surface area contributed by atoms with Crippen LogP contribution in [0.2, 0.25) is 10.0 Å². The average Bonchev–Trinajstić information content (AvgIpc) is 2.98. The van der Waals surface area contributed by atoms with Crippen molar-refractivity contribution < 1.29 is 14.6 Å². The van der Waals surface area contributed by atoms with E-state index in [1.54, 1.807) is 6.07 Å². The van der Waals surface area contributed by atoms with E-state index in [1.165, 1.54) is 0 Å². The summed E-state index contributed by atoms with van der Waals surface area (Å²) in [7, 11) is 0. The van der Waals surface area contributed by atoms with Crippen LogP contribution in [0, 0.1) is 0 Å². The molecule has 20 heavy (non-hydrogen) atoms. The second-order valence-corrected chi connectivity index (χ2v) is 5.79. The lowest BCUT2D eigenvalue weighted by Crippen LogP contribution is -2.22. The van der Waals surface area contributed by atoms with Gasteiger partial charge in [0.2, 0.25) is 0 Å². The number of carbonyl (C=O) groups is 1. The fourth-order valence-corrected chi connectivity index (χ4v) is 3.16. The van der Waals surface area contributed by atoms with E-state index in [-0.39, 0.29) is 6.10 Å². The normalized spacial score (nSPS) is 22.5. The van der Waals surface area contributed by atoms with Crippen molar-refractivity contribution in [1.29, 1.82) is 0 Å². The smallest absolute Gasteiger partial charge is 0.332 e. The number of benzene rings is 1. The SMILES string of the molecule is O=C(O)C1CCC(Cn2ccc3c(Cl)cc(Cl)cc32)O1. The van der Waals surface area contributed by atoms with Crippen molar-refractivity contribution in [1.82, 2.24) is 4.57 Å². The van der Waals surface area contributed by atoms with Crippen LogP contribution in [0.4, 0.5) is 0 Å². The molecular weight excluding hydrogens is 301 g/mol. The van der Waals surface area contributed by atoms with Crippen LogP contribution in [-0.2, 0) is 16.1 Å². The molecule has 2 unspecified atom stereocenters. The summed E-state index contributed by atoms with van der Waals surface area (Å²) >= 11 is 12.2. The number of aliphatic carboxylic acids is 1. The first-order chi connectivity index (χ1) is 9.54. The Morgan fingerprint density at radius 2 is 2.20 bits per heavy atom. The molecule has 6 heteroatoms. The van der Waals surface area contributed by atoms with Crippen molar-refractivity contribution in [3.8, 4) is 0 Å². The zero-order valence-electron chi connectivity index (χ0n) is 10.6. The van der Waals surface area contributed by atoms with Gasteiger partial charge >= 0.3 is 5.97 Å². The van der Waals surface area contributed by atoms with Crippen LogP contribution < -0.4 is 0 Å². The predicted octanol–water partition coefficient (Wildman–Crippen LogP) is 3.58. The number of fused-ring (bicyclic) bond motifs is 1. The molecule has 0 radical (unpaired) electrons. The Labute approximate surface area is 125 Å². The number of hydrogen-bond donors (Lipinski definition) is 1. The molecule has 1 fully saturated rings. The maximum absolute atomic E-state index is 10.9. The second kappa shape index (κ2) is 5.28. The van der Waals surface area contributed by atoms with Crippen LogP contribution in [-0.4, -0.2) is 27.9 Å². The summed E-state index contributed by atoms with van der Waals surface area (Å²) in [6, 6.07) is 5.49. The van der Waals surface area contributed by atoms with Crippen LogP contribution in [0.3, 0.4) is 0 Å². The summed E-state index contributed by atoms with van der Waals surface area (Å²) in [5.41, 5.74) is 0.935. The van der Waals surface area contributed by atoms with E-state index in [1.807, 2.05) is 22.9 Å². The van der Waals surface area contributed by atoms with Gasteiger partial charge in [-0.1, -0.05) is 23.2 Å². The molecule has 0 amide bonds. The van der Waals surface area contributed by atoms with Gasteiger partial charge < -0.3 is 14.4 Å². The lowest BCUT2D eigenvalue weighted by molar-refractivity contribution is -0.149. The van der Waals surface area contributed by atoms with Gasteiger partial charge in [0.1, 0.15) is 0 Å². The van der Waals surface area contributed by atoms with Gasteiger partial charge in [0.15, 0.2) is 6.10 Å². The number of aromatic nitrogens is 1. The highest BCUT2D eigenvalue weighted by molar-refractivity contribution is 6.38. The summed E-state index contributed by atoms with van der Waals surface area (Å²) in [5.74, 6) is -0.893. The van der Waals surface area contributed by atoms with Gasteiger partial charge in [0.05, 0.1) is 16.6 Å². The molecule has 2 heterocycles. The monoisotopic (exact) mass is 313 g/mol. The number of carboxylic acids is 1. The summed E-state index contributed by atoms with van der Waals surface area (Å²) < 4.78 is 7.52. The molecule has 1 aromatic carbocycles. The number of halogens is 2. The van der Waals surface area contributed by atoms with E-state index in [0.717, 1.165) is 17.3 Å². The average molecular weight is 314 g/mol. The van der Waals surface area contributed by atoms with E-state index in [9.17, 15) is 4.79 Å². The van der Waals surface area contributed by atoms with E-state index in [0.29, 0.717) is 23.0 Å². The maximum Gasteiger partial charge on any atom is 0.332 e. The highest BCUT2D eigenvalue weighted by Crippen LogP contribution is 2.30. The van der Waals surface area contributed by atoms with Crippen LogP contribution in [0.15, 0.2) is 24.4 Å². The number of carboxylic acid groups (broad SMARTS) is 1. The Bertz CT molecular complexity index is 668. The summed E-state index contributed by atoms with van der Waals surface area (Å²) in [5, 5.41) is 11.1. The first-order valence-electron chi connectivity index (χ1n) is 6.37. The summed E-state index contributed by atoms with van der Waals surface area (Å²) in [6.07, 6.45) is 2.44. The molecule has 0 spiro atoms. The minimum absolute atomic E-state index is 0.0931. The van der Waals surface area contributed by atoms with Gasteiger partial charge in [-0.15, -0.1) is 0 Å². The van der Waals surface area contributed by atoms with Crippen LogP contribution in [0.5, 0.6) is 0 Å². The molecule has 0 bridgehead atoms. The fourth-order valence-electron chi connectivity index (χ4n) is 2.62. The van der Waals surface area contributed by atoms with Gasteiger partial charge in [-0.2, -0.15) is 0 Å². The molecule has 1 aromatic heterocycles. The highest BCUT2D eigenvalue weighted by atomic mass is 35.5. The number of nitrogens with zero attached hydrogens (tertiary/aromatic N) is 1. The van der Waals surface area contributed by atoms with Crippen LogP contribution in [0.1, 0.15) is 12.8 Å². The number of rotatable bonds is 3. The standard InChI is InChI=1S/C14H13Cl2NO3/c15-8-5-11(16)10-3-4-17(12(10)6-8)7-9-1-2-13(20-9)14(18)19/h3-6,9,13H,1-2,7H2,(H,18,19). The summed E-state index contributed by atoms with van der Waals surface area (Å²) in [6.45, 7) is 0.601. The van der Waals surface area contributed by atoms with Crippen molar-refractivity contribution in [3.63, 3.8) is 0 Å². The number of ether oxygens (including phenoxy) is 1. The lowest BCUT2D eigenvalue weighted by Gasteiger charge is -2.13. The molecule has 1 N–H and O–H groups in total. The third-order valence-corrected chi connectivity index (χ3v) is 4.12. The molecule has 1 saturated heterocycles. The second-order valence-electron chi connectivity index (χ2n) is 4.95. The zero-order valence-corrected chi connectivity index (χ0v) is 12.1. The van der Waals surface area contributed by atoms with Gasteiger partial charge in [0.25, 0.3) is 0 Å². The predicted molar refractivity (Wildman–Crippen MR) is 77.5 cm³/mol. The molecule has 1 aliphatic rings. The minimum Gasteiger partial charge on any atom is -0.479 e. The van der Waals surface area contributed by atoms with Crippen molar-refractivity contribution >= 4 is 40.1 Å². The maximum atomic E-state index is 10.9. The third-order valence-electron chi connectivity index (χ3n) is 3.59. The van der Waals surface area contributed by atoms with E-state index in [2.05, 4.69) is 0 Å². The van der Waals surface area contributed by atoms with Gasteiger partial charge in [-0.25, -0.2) is 4.79 Å². The summed E-state index contributed by atoms with van der Waals surface area (Å²) in [4.78, 5) is 10.9. The zero-order chi connectivity index (χ0) is 14.3. The minimum atomic E-state index is -0.893. The van der Waals surface area contributed by atoms with Crippen molar-refractivity contribution in [2.45, 2.75) is 31.6 Å². The largest absolute Gasteiger partial charge is 0.479 e. The molecule has 0 aliphatic carbocycles.